The van der Waals surface area contributed by atoms with Crippen LogP contribution in [0.5, 0.6) is 0 Å². The lowest BCUT2D eigenvalue weighted by Crippen LogP contribution is -2.35. The third kappa shape index (κ3) is 2.75. The Kier molecular flexibility index (Phi) is 3.27. The van der Waals surface area contributed by atoms with Gasteiger partial charge in [-0.05, 0) is 24.8 Å². The van der Waals surface area contributed by atoms with Gasteiger partial charge in [-0.3, -0.25) is 4.79 Å². The van der Waals surface area contributed by atoms with E-state index in [-0.39, 0.29) is 11.8 Å². The Morgan fingerprint density at radius 3 is 2.73 bits per heavy atom. The van der Waals surface area contributed by atoms with Gasteiger partial charge in [0.15, 0.2) is 0 Å². The fourth-order valence-electron chi connectivity index (χ4n) is 1.60. The molecule has 0 bridgehead atoms. The zero-order valence-corrected chi connectivity index (χ0v) is 8.65. The van der Waals surface area contributed by atoms with E-state index in [0.717, 1.165) is 24.8 Å². The number of carbonyl (C=O) groups is 1. The summed E-state index contributed by atoms with van der Waals surface area (Å²) >= 11 is 0. The highest BCUT2D eigenvalue weighted by Crippen LogP contribution is 2.25. The smallest absolute Gasteiger partial charge is 0.223 e. The van der Waals surface area contributed by atoms with Crippen molar-refractivity contribution in [2.75, 3.05) is 6.54 Å². The third-order valence-electron chi connectivity index (χ3n) is 2.80. The lowest BCUT2D eigenvalue weighted by atomic mass is 9.85. The first kappa shape index (κ1) is 10.1. The predicted octanol–water partition coefficient (Wildman–Crippen LogP) is 0.935. The molecule has 4 nitrogen and oxygen atoms in total. The first-order chi connectivity index (χ1) is 7.36. The van der Waals surface area contributed by atoms with Crippen molar-refractivity contribution < 1.29 is 4.79 Å². The minimum absolute atomic E-state index is 0.207. The highest BCUT2D eigenvalue weighted by Gasteiger charge is 2.24. The molecule has 15 heavy (non-hydrogen) atoms. The number of hydrogen-bond donors (Lipinski definition) is 1. The van der Waals surface area contributed by atoms with E-state index < -0.39 is 0 Å². The average molecular weight is 205 g/mol. The van der Waals surface area contributed by atoms with Crippen LogP contribution < -0.4 is 5.32 Å². The van der Waals surface area contributed by atoms with Gasteiger partial charge in [-0.2, -0.15) is 0 Å². The normalized spacial score (nSPS) is 15.7. The maximum Gasteiger partial charge on any atom is 0.223 e. The number of amides is 1. The topological polar surface area (TPSA) is 54.9 Å². The SMILES string of the molecule is O=C(NCCc1cncnc1)C1CCC1. The van der Waals surface area contributed by atoms with Crippen molar-refractivity contribution >= 4 is 5.91 Å². The summed E-state index contributed by atoms with van der Waals surface area (Å²) in [6.45, 7) is 0.683. The molecule has 1 aliphatic rings. The Morgan fingerprint density at radius 2 is 2.13 bits per heavy atom. The van der Waals surface area contributed by atoms with Crippen molar-refractivity contribution in [3.8, 4) is 0 Å². The zero-order valence-electron chi connectivity index (χ0n) is 8.65. The fraction of sp³-hybridized carbons (Fsp3) is 0.545. The van der Waals surface area contributed by atoms with E-state index in [9.17, 15) is 4.79 Å². The molecule has 0 atom stereocenters. The molecular weight excluding hydrogens is 190 g/mol. The fourth-order valence-corrected chi connectivity index (χ4v) is 1.60. The second-order valence-electron chi connectivity index (χ2n) is 3.92. The van der Waals surface area contributed by atoms with E-state index in [4.69, 9.17) is 0 Å². The van der Waals surface area contributed by atoms with Gasteiger partial charge in [0.1, 0.15) is 6.33 Å². The summed E-state index contributed by atoms with van der Waals surface area (Å²) in [5.74, 6) is 0.482. The van der Waals surface area contributed by atoms with Crippen molar-refractivity contribution in [2.24, 2.45) is 5.92 Å². The summed E-state index contributed by atoms with van der Waals surface area (Å²) in [4.78, 5) is 19.3. The van der Waals surface area contributed by atoms with Crippen LogP contribution in [0.4, 0.5) is 0 Å². The molecule has 0 radical (unpaired) electrons. The molecule has 0 aliphatic heterocycles. The summed E-state index contributed by atoms with van der Waals surface area (Å²) in [6.07, 6.45) is 9.19. The zero-order chi connectivity index (χ0) is 10.5. The van der Waals surface area contributed by atoms with Crippen molar-refractivity contribution in [3.63, 3.8) is 0 Å². The van der Waals surface area contributed by atoms with Crippen LogP contribution in [-0.4, -0.2) is 22.4 Å². The van der Waals surface area contributed by atoms with Gasteiger partial charge in [0, 0.05) is 24.9 Å². The van der Waals surface area contributed by atoms with Crippen LogP contribution in [0.15, 0.2) is 18.7 Å². The largest absolute Gasteiger partial charge is 0.356 e. The lowest BCUT2D eigenvalue weighted by molar-refractivity contribution is -0.127. The van der Waals surface area contributed by atoms with E-state index >= 15 is 0 Å². The van der Waals surface area contributed by atoms with E-state index in [2.05, 4.69) is 15.3 Å². The number of aromatic nitrogens is 2. The van der Waals surface area contributed by atoms with E-state index in [1.54, 1.807) is 12.4 Å². The number of nitrogens with one attached hydrogen (secondary N) is 1. The molecule has 1 N–H and O–H groups in total. The summed E-state index contributed by atoms with van der Waals surface area (Å²) in [5.41, 5.74) is 1.06. The maximum atomic E-state index is 11.5. The predicted molar refractivity (Wildman–Crippen MR) is 56.1 cm³/mol. The Balaban J connectivity index is 1.68. The molecular formula is C11H15N3O. The van der Waals surface area contributed by atoms with Gasteiger partial charge in [-0.1, -0.05) is 6.42 Å². The molecule has 1 heterocycles. The molecule has 0 aromatic carbocycles. The van der Waals surface area contributed by atoms with Crippen molar-refractivity contribution in [2.45, 2.75) is 25.7 Å². The molecule has 1 saturated carbocycles. The van der Waals surface area contributed by atoms with Gasteiger partial charge in [0.2, 0.25) is 5.91 Å². The van der Waals surface area contributed by atoms with Crippen molar-refractivity contribution in [1.29, 1.82) is 0 Å². The quantitative estimate of drug-likeness (QED) is 0.795. The van der Waals surface area contributed by atoms with E-state index in [1.165, 1.54) is 12.7 Å². The molecule has 0 unspecified atom stereocenters. The van der Waals surface area contributed by atoms with Gasteiger partial charge in [0.25, 0.3) is 0 Å². The standard InChI is InChI=1S/C11H15N3O/c15-11(10-2-1-3-10)14-5-4-9-6-12-8-13-7-9/h6-8,10H,1-5H2,(H,14,15). The van der Waals surface area contributed by atoms with Crippen LogP contribution in [-0.2, 0) is 11.2 Å². The minimum Gasteiger partial charge on any atom is -0.356 e. The van der Waals surface area contributed by atoms with Gasteiger partial charge in [-0.15, -0.1) is 0 Å². The van der Waals surface area contributed by atoms with E-state index in [1.807, 2.05) is 0 Å². The lowest BCUT2D eigenvalue weighted by Gasteiger charge is -2.23. The number of carbonyl (C=O) groups excluding carboxylic acids is 1. The van der Waals surface area contributed by atoms with Crippen LogP contribution in [0, 0.1) is 5.92 Å². The van der Waals surface area contributed by atoms with Crippen LogP contribution in [0.1, 0.15) is 24.8 Å². The molecule has 1 aromatic heterocycles. The van der Waals surface area contributed by atoms with Crippen molar-refractivity contribution in [3.05, 3.63) is 24.3 Å². The minimum atomic E-state index is 0.207. The summed E-state index contributed by atoms with van der Waals surface area (Å²) in [6, 6.07) is 0. The number of nitrogens with zero attached hydrogens (tertiary/aromatic N) is 2. The van der Waals surface area contributed by atoms with Gasteiger partial charge >= 0.3 is 0 Å². The molecule has 2 rings (SSSR count). The Labute approximate surface area is 89.1 Å². The molecule has 0 spiro atoms. The molecule has 0 saturated heterocycles. The van der Waals surface area contributed by atoms with Gasteiger partial charge in [-0.25, -0.2) is 9.97 Å². The number of rotatable bonds is 4. The van der Waals surface area contributed by atoms with Gasteiger partial charge in [0.05, 0.1) is 0 Å². The van der Waals surface area contributed by atoms with Crippen LogP contribution >= 0.6 is 0 Å². The second kappa shape index (κ2) is 4.87. The first-order valence-corrected chi connectivity index (χ1v) is 5.38. The molecule has 4 heteroatoms. The van der Waals surface area contributed by atoms with Gasteiger partial charge < -0.3 is 5.32 Å². The second-order valence-corrected chi connectivity index (χ2v) is 3.92. The Bertz CT molecular complexity index is 322. The summed E-state index contributed by atoms with van der Waals surface area (Å²) in [7, 11) is 0. The van der Waals surface area contributed by atoms with Crippen molar-refractivity contribution in [1.82, 2.24) is 15.3 Å². The summed E-state index contributed by atoms with van der Waals surface area (Å²) in [5, 5.41) is 2.94. The third-order valence-corrected chi connectivity index (χ3v) is 2.80. The Hall–Kier alpha value is -1.45. The van der Waals surface area contributed by atoms with Crippen LogP contribution in [0.3, 0.4) is 0 Å². The molecule has 80 valence electrons. The highest BCUT2D eigenvalue weighted by molar-refractivity contribution is 5.79. The van der Waals surface area contributed by atoms with E-state index in [0.29, 0.717) is 6.54 Å². The van der Waals surface area contributed by atoms with Crippen LogP contribution in [0.2, 0.25) is 0 Å². The highest BCUT2D eigenvalue weighted by atomic mass is 16.1. The first-order valence-electron chi connectivity index (χ1n) is 5.38. The summed E-state index contributed by atoms with van der Waals surface area (Å²) < 4.78 is 0. The average Bonchev–Trinajstić information content (AvgIpc) is 2.16. The van der Waals surface area contributed by atoms with Crippen LogP contribution in [0.25, 0.3) is 0 Å². The molecule has 1 fully saturated rings. The number of hydrogen-bond acceptors (Lipinski definition) is 3. The Morgan fingerprint density at radius 1 is 1.40 bits per heavy atom. The maximum absolute atomic E-state index is 11.5. The molecule has 1 aromatic rings. The molecule has 1 aliphatic carbocycles. The monoisotopic (exact) mass is 205 g/mol. The molecule has 1 amide bonds.